The van der Waals surface area contributed by atoms with Gasteiger partial charge in [-0.15, -0.1) is 10.2 Å². The van der Waals surface area contributed by atoms with E-state index in [9.17, 15) is 4.79 Å². The Morgan fingerprint density at radius 3 is 3.10 bits per heavy atom. The third-order valence-electron chi connectivity index (χ3n) is 4.07. The molecule has 7 nitrogen and oxygen atoms in total. The second-order valence-electron chi connectivity index (χ2n) is 5.55. The first-order valence-electron chi connectivity index (χ1n) is 7.00. The maximum absolute atomic E-state index is 12.6. The lowest BCUT2D eigenvalue weighted by Gasteiger charge is -2.25. The Bertz CT molecular complexity index is 643. The number of aromatic amines is 1. The Hall–Kier alpha value is -1.83. The van der Waals surface area contributed by atoms with Crippen molar-refractivity contribution in [3.63, 3.8) is 0 Å². The van der Waals surface area contributed by atoms with Gasteiger partial charge in [-0.1, -0.05) is 5.21 Å². The zero-order valence-corrected chi connectivity index (χ0v) is 12.2. The molecular formula is C13H15N5O2S. The van der Waals surface area contributed by atoms with Gasteiger partial charge in [0, 0.05) is 11.3 Å². The third kappa shape index (κ3) is 2.23. The lowest BCUT2D eigenvalue weighted by atomic mass is 9.97. The Balaban J connectivity index is 1.61. The summed E-state index contributed by atoms with van der Waals surface area (Å²) in [5, 5.41) is 17.3. The first-order valence-corrected chi connectivity index (χ1v) is 8.15. The minimum atomic E-state index is -0.553. The zero-order valence-electron chi connectivity index (χ0n) is 11.3. The third-order valence-corrected chi connectivity index (χ3v) is 5.26. The number of carbonyl (C=O) groups is 1. The number of furan rings is 1. The molecule has 2 aromatic rings. The van der Waals surface area contributed by atoms with Crippen molar-refractivity contribution in [3.8, 4) is 0 Å². The summed E-state index contributed by atoms with van der Waals surface area (Å²) in [6.45, 7) is 0. The fourth-order valence-corrected chi connectivity index (χ4v) is 4.09. The molecule has 8 heteroatoms. The summed E-state index contributed by atoms with van der Waals surface area (Å²) in [5.41, 5.74) is 0.462. The molecule has 2 aliphatic rings. The summed E-state index contributed by atoms with van der Waals surface area (Å²) in [7, 11) is 0. The summed E-state index contributed by atoms with van der Waals surface area (Å²) in [6, 6.07) is 1.90. The average molecular weight is 305 g/mol. The molecule has 2 N–H and O–H groups in total. The van der Waals surface area contributed by atoms with Crippen LogP contribution in [0.2, 0.25) is 0 Å². The van der Waals surface area contributed by atoms with Gasteiger partial charge in [0.2, 0.25) is 5.82 Å². The Kier molecular flexibility index (Phi) is 2.99. The summed E-state index contributed by atoms with van der Waals surface area (Å²) in [6.07, 6.45) is 4.65. The van der Waals surface area contributed by atoms with Crippen molar-refractivity contribution in [2.75, 3.05) is 11.5 Å². The lowest BCUT2D eigenvalue weighted by molar-refractivity contribution is 0.0873. The normalized spacial score (nSPS) is 25.1. The highest BCUT2D eigenvalue weighted by Crippen LogP contribution is 2.42. The highest BCUT2D eigenvalue weighted by molar-refractivity contribution is 7.99. The molecule has 2 fully saturated rings. The molecule has 0 bridgehead atoms. The number of hydrogen-bond donors (Lipinski definition) is 2. The standard InChI is InChI=1S/C13H15N5O2S/c19-11(10-9(3-5-20-10)8-1-2-8)14-13(4-6-21-7-13)12-15-17-18-16-12/h3,5,8H,1-2,4,6-7H2,(H,14,19)(H,15,16,17,18). The largest absolute Gasteiger partial charge is 0.459 e. The minimum Gasteiger partial charge on any atom is -0.459 e. The highest BCUT2D eigenvalue weighted by Gasteiger charge is 2.43. The van der Waals surface area contributed by atoms with Crippen molar-refractivity contribution in [3.05, 3.63) is 29.5 Å². The van der Waals surface area contributed by atoms with Gasteiger partial charge in [0.15, 0.2) is 5.76 Å². The summed E-state index contributed by atoms with van der Waals surface area (Å²) < 4.78 is 5.42. The molecule has 110 valence electrons. The Labute approximate surface area is 125 Å². The molecule has 1 aliphatic carbocycles. The minimum absolute atomic E-state index is 0.186. The van der Waals surface area contributed by atoms with Crippen LogP contribution in [0, 0.1) is 0 Å². The van der Waals surface area contributed by atoms with E-state index in [1.807, 2.05) is 6.07 Å². The van der Waals surface area contributed by atoms with E-state index < -0.39 is 5.54 Å². The van der Waals surface area contributed by atoms with Crippen molar-refractivity contribution in [1.82, 2.24) is 25.9 Å². The van der Waals surface area contributed by atoms with E-state index in [4.69, 9.17) is 4.42 Å². The van der Waals surface area contributed by atoms with Crippen LogP contribution in [0.5, 0.6) is 0 Å². The summed E-state index contributed by atoms with van der Waals surface area (Å²) in [5.74, 6) is 2.97. The van der Waals surface area contributed by atoms with Gasteiger partial charge < -0.3 is 9.73 Å². The maximum atomic E-state index is 12.6. The first-order chi connectivity index (χ1) is 10.3. The van der Waals surface area contributed by atoms with Crippen LogP contribution < -0.4 is 5.32 Å². The van der Waals surface area contributed by atoms with Gasteiger partial charge in [0.1, 0.15) is 5.54 Å². The summed E-state index contributed by atoms with van der Waals surface area (Å²) in [4.78, 5) is 12.6. The van der Waals surface area contributed by atoms with Gasteiger partial charge in [-0.3, -0.25) is 4.79 Å². The van der Waals surface area contributed by atoms with Crippen LogP contribution in [0.3, 0.4) is 0 Å². The quantitative estimate of drug-likeness (QED) is 0.887. The molecule has 1 amide bonds. The number of carbonyl (C=O) groups excluding carboxylic acids is 1. The topological polar surface area (TPSA) is 96.7 Å². The maximum Gasteiger partial charge on any atom is 0.288 e. The van der Waals surface area contributed by atoms with Gasteiger partial charge >= 0.3 is 0 Å². The van der Waals surface area contributed by atoms with Crippen LogP contribution in [0.15, 0.2) is 16.7 Å². The van der Waals surface area contributed by atoms with Crippen molar-refractivity contribution < 1.29 is 9.21 Å². The molecule has 0 aromatic carbocycles. The van der Waals surface area contributed by atoms with Crippen LogP contribution in [-0.2, 0) is 5.54 Å². The smallest absolute Gasteiger partial charge is 0.288 e. The Morgan fingerprint density at radius 1 is 1.52 bits per heavy atom. The predicted octanol–water partition coefficient (Wildman–Crippen LogP) is 1.43. The van der Waals surface area contributed by atoms with Crippen molar-refractivity contribution in [1.29, 1.82) is 0 Å². The highest BCUT2D eigenvalue weighted by atomic mass is 32.2. The number of thioether (sulfide) groups is 1. The molecule has 1 atom stereocenters. The molecule has 4 rings (SSSR count). The van der Waals surface area contributed by atoms with Gasteiger partial charge in [0.25, 0.3) is 5.91 Å². The van der Waals surface area contributed by atoms with E-state index in [1.165, 1.54) is 0 Å². The molecular weight excluding hydrogens is 290 g/mol. The fraction of sp³-hybridized carbons (Fsp3) is 0.538. The van der Waals surface area contributed by atoms with E-state index in [0.29, 0.717) is 17.5 Å². The number of nitrogens with one attached hydrogen (secondary N) is 2. The monoisotopic (exact) mass is 305 g/mol. The van der Waals surface area contributed by atoms with E-state index >= 15 is 0 Å². The Morgan fingerprint density at radius 2 is 2.43 bits per heavy atom. The second kappa shape index (κ2) is 4.87. The van der Waals surface area contributed by atoms with Crippen LogP contribution in [0.4, 0.5) is 0 Å². The van der Waals surface area contributed by atoms with Crippen LogP contribution in [-0.4, -0.2) is 38.0 Å². The van der Waals surface area contributed by atoms with Crippen molar-refractivity contribution >= 4 is 17.7 Å². The van der Waals surface area contributed by atoms with Crippen molar-refractivity contribution in [2.24, 2.45) is 0 Å². The van der Waals surface area contributed by atoms with Gasteiger partial charge in [-0.05, 0) is 37.0 Å². The molecule has 21 heavy (non-hydrogen) atoms. The lowest BCUT2D eigenvalue weighted by Crippen LogP contribution is -2.47. The molecule has 1 unspecified atom stereocenters. The molecule has 1 aliphatic heterocycles. The van der Waals surface area contributed by atoms with Gasteiger partial charge in [-0.25, -0.2) is 0 Å². The van der Waals surface area contributed by atoms with Crippen molar-refractivity contribution in [2.45, 2.75) is 30.7 Å². The number of aromatic nitrogens is 4. The number of tetrazole rings is 1. The van der Waals surface area contributed by atoms with E-state index in [2.05, 4.69) is 25.9 Å². The zero-order chi connectivity index (χ0) is 14.3. The number of rotatable bonds is 4. The number of amides is 1. The molecule has 1 saturated carbocycles. The van der Waals surface area contributed by atoms with Gasteiger partial charge in [-0.2, -0.15) is 17.0 Å². The average Bonchev–Trinajstić information content (AvgIpc) is 2.95. The van der Waals surface area contributed by atoms with E-state index in [0.717, 1.165) is 36.3 Å². The number of H-pyrrole nitrogens is 1. The molecule has 2 aromatic heterocycles. The van der Waals surface area contributed by atoms with Crippen LogP contribution in [0.1, 0.15) is 47.1 Å². The molecule has 0 spiro atoms. The second-order valence-corrected chi connectivity index (χ2v) is 6.66. The van der Waals surface area contributed by atoms with E-state index in [1.54, 1.807) is 18.0 Å². The fourth-order valence-electron chi connectivity index (χ4n) is 2.75. The predicted molar refractivity (Wildman–Crippen MR) is 75.9 cm³/mol. The first kappa shape index (κ1) is 12.9. The van der Waals surface area contributed by atoms with Gasteiger partial charge in [0.05, 0.1) is 6.26 Å². The summed E-state index contributed by atoms with van der Waals surface area (Å²) >= 11 is 1.77. The SMILES string of the molecule is O=C(NC1(c2nn[nH]n2)CCSC1)c1occc1C1CC1. The number of hydrogen-bond acceptors (Lipinski definition) is 6. The van der Waals surface area contributed by atoms with E-state index in [-0.39, 0.29) is 5.91 Å². The van der Waals surface area contributed by atoms with Crippen LogP contribution in [0.25, 0.3) is 0 Å². The molecule has 0 radical (unpaired) electrons. The molecule has 3 heterocycles. The number of nitrogens with zero attached hydrogens (tertiary/aromatic N) is 3. The molecule has 1 saturated heterocycles. The van der Waals surface area contributed by atoms with Crippen LogP contribution >= 0.6 is 11.8 Å².